The van der Waals surface area contributed by atoms with Crippen LogP contribution in [0, 0.1) is 12.8 Å². The van der Waals surface area contributed by atoms with Crippen molar-refractivity contribution in [1.82, 2.24) is 20.3 Å². The molecule has 2 N–H and O–H groups in total. The van der Waals surface area contributed by atoms with E-state index in [0.717, 1.165) is 41.9 Å². The molecule has 0 saturated carbocycles. The van der Waals surface area contributed by atoms with Crippen LogP contribution in [0.1, 0.15) is 32.4 Å². The Kier molecular flexibility index (Phi) is 4.83. The van der Waals surface area contributed by atoms with Gasteiger partial charge in [0, 0.05) is 38.9 Å². The molecule has 0 aliphatic carbocycles. The molecule has 1 aliphatic rings. The lowest BCUT2D eigenvalue weighted by Gasteiger charge is -2.33. The molecule has 7 heteroatoms. The van der Waals surface area contributed by atoms with Crippen LogP contribution in [0.4, 0.5) is 11.8 Å². The quantitative estimate of drug-likeness (QED) is 0.888. The van der Waals surface area contributed by atoms with E-state index in [2.05, 4.69) is 26.3 Å². The highest BCUT2D eigenvalue weighted by Crippen LogP contribution is 2.30. The Balaban J connectivity index is 1.93. The monoisotopic (exact) mass is 344 g/mol. The highest BCUT2D eigenvalue weighted by atomic mass is 16.2. The van der Waals surface area contributed by atoms with Crippen LogP contribution >= 0.6 is 0 Å². The summed E-state index contributed by atoms with van der Waals surface area (Å²) in [5, 5.41) is 4.06. The summed E-state index contributed by atoms with van der Waals surface area (Å²) in [5.74, 6) is 1.74. The second-order valence-corrected chi connectivity index (χ2v) is 7.40. The zero-order valence-electron chi connectivity index (χ0n) is 15.8. The number of carbonyl (C=O) groups excluding carboxylic acids is 1. The summed E-state index contributed by atoms with van der Waals surface area (Å²) < 4.78 is 0. The number of H-pyrrole nitrogens is 1. The third-order valence-electron chi connectivity index (χ3n) is 4.51. The number of nitrogens with zero attached hydrogens (tertiary/aromatic N) is 4. The van der Waals surface area contributed by atoms with Gasteiger partial charge in [-0.05, 0) is 39.7 Å². The molecule has 1 amide bonds. The van der Waals surface area contributed by atoms with Gasteiger partial charge >= 0.3 is 0 Å². The van der Waals surface area contributed by atoms with Crippen LogP contribution < -0.4 is 15.1 Å². The van der Waals surface area contributed by atoms with Gasteiger partial charge in [0.25, 0.3) is 0 Å². The maximum atomic E-state index is 12.4. The number of rotatable bonds is 4. The van der Waals surface area contributed by atoms with Crippen LogP contribution in [0.15, 0.2) is 6.07 Å². The van der Waals surface area contributed by atoms with Gasteiger partial charge in [0.1, 0.15) is 11.5 Å². The van der Waals surface area contributed by atoms with Crippen LogP contribution in [-0.4, -0.2) is 54.1 Å². The van der Waals surface area contributed by atoms with Crippen molar-refractivity contribution < 1.29 is 4.79 Å². The van der Waals surface area contributed by atoms with Crippen molar-refractivity contribution in [1.29, 1.82) is 0 Å². The van der Waals surface area contributed by atoms with Gasteiger partial charge in [-0.1, -0.05) is 0 Å². The number of fused-ring (bicyclic) bond motifs is 1. The summed E-state index contributed by atoms with van der Waals surface area (Å²) in [6.45, 7) is 7.63. The van der Waals surface area contributed by atoms with Crippen molar-refractivity contribution in [3.63, 3.8) is 0 Å². The van der Waals surface area contributed by atoms with Gasteiger partial charge in [-0.2, -0.15) is 9.97 Å². The lowest BCUT2D eigenvalue weighted by atomic mass is 9.96. The molecule has 3 rings (SSSR count). The molecule has 1 unspecified atom stereocenters. The normalized spacial score (nSPS) is 18.0. The number of hydrogen-bond acceptors (Lipinski definition) is 5. The van der Waals surface area contributed by atoms with E-state index in [-0.39, 0.29) is 17.9 Å². The van der Waals surface area contributed by atoms with Crippen molar-refractivity contribution in [2.45, 2.75) is 39.7 Å². The maximum absolute atomic E-state index is 12.4. The Morgan fingerprint density at radius 1 is 1.40 bits per heavy atom. The molecule has 0 spiro atoms. The van der Waals surface area contributed by atoms with E-state index in [1.807, 2.05) is 39.8 Å². The average molecular weight is 344 g/mol. The summed E-state index contributed by atoms with van der Waals surface area (Å²) in [4.78, 5) is 29.3. The maximum Gasteiger partial charge on any atom is 0.228 e. The van der Waals surface area contributed by atoms with Gasteiger partial charge < -0.3 is 20.1 Å². The lowest BCUT2D eigenvalue weighted by molar-refractivity contribution is -0.125. The number of aromatic nitrogens is 3. The molecule has 0 aromatic carbocycles. The van der Waals surface area contributed by atoms with E-state index < -0.39 is 0 Å². The van der Waals surface area contributed by atoms with E-state index in [0.29, 0.717) is 12.5 Å². The minimum Gasteiger partial charge on any atom is -0.355 e. The van der Waals surface area contributed by atoms with Gasteiger partial charge in [0.15, 0.2) is 0 Å². The molecule has 1 aliphatic heterocycles. The van der Waals surface area contributed by atoms with Crippen molar-refractivity contribution >= 4 is 28.7 Å². The molecule has 136 valence electrons. The first-order valence-corrected chi connectivity index (χ1v) is 8.95. The number of hydrogen-bond donors (Lipinski definition) is 2. The van der Waals surface area contributed by atoms with Crippen molar-refractivity contribution in [3.8, 4) is 0 Å². The molecule has 7 nitrogen and oxygen atoms in total. The predicted molar refractivity (Wildman–Crippen MR) is 101 cm³/mol. The van der Waals surface area contributed by atoms with Gasteiger partial charge in [0.05, 0.1) is 11.3 Å². The van der Waals surface area contributed by atoms with Crippen LogP contribution in [-0.2, 0) is 4.79 Å². The fourth-order valence-electron chi connectivity index (χ4n) is 3.34. The first-order chi connectivity index (χ1) is 11.8. The van der Waals surface area contributed by atoms with Gasteiger partial charge in [-0.3, -0.25) is 4.79 Å². The summed E-state index contributed by atoms with van der Waals surface area (Å²) in [5.41, 5.74) is 1.91. The zero-order chi connectivity index (χ0) is 18.1. The summed E-state index contributed by atoms with van der Waals surface area (Å²) >= 11 is 0. The SMILES string of the molecule is Cc1cc2c(N3CCCC(C(=O)NC(C)C)C3)nc(N(C)C)nc2[nH]1. The van der Waals surface area contributed by atoms with Crippen LogP contribution in [0.3, 0.4) is 0 Å². The number of nitrogens with one attached hydrogen (secondary N) is 2. The molecule has 0 bridgehead atoms. The van der Waals surface area contributed by atoms with Crippen LogP contribution in [0.5, 0.6) is 0 Å². The molecule has 1 fully saturated rings. The lowest BCUT2D eigenvalue weighted by Crippen LogP contribution is -2.45. The third kappa shape index (κ3) is 3.70. The van der Waals surface area contributed by atoms with Gasteiger partial charge in [-0.15, -0.1) is 0 Å². The standard InChI is InChI=1S/C18H28N6O/c1-11(2)19-17(25)13-7-6-8-24(10-13)16-14-9-12(3)20-15(14)21-18(22-16)23(4)5/h9,11,13H,6-8,10H2,1-5H3,(H,19,25)(H,20,21,22). The first kappa shape index (κ1) is 17.5. The van der Waals surface area contributed by atoms with E-state index in [4.69, 9.17) is 4.98 Å². The van der Waals surface area contributed by atoms with Crippen molar-refractivity contribution in [2.75, 3.05) is 37.0 Å². The second kappa shape index (κ2) is 6.90. The van der Waals surface area contributed by atoms with Gasteiger partial charge in [0.2, 0.25) is 11.9 Å². The largest absolute Gasteiger partial charge is 0.355 e. The Labute approximate surface area is 148 Å². The zero-order valence-corrected chi connectivity index (χ0v) is 15.8. The molecular weight excluding hydrogens is 316 g/mol. The fourth-order valence-corrected chi connectivity index (χ4v) is 3.34. The topological polar surface area (TPSA) is 77.2 Å². The van der Waals surface area contributed by atoms with Crippen molar-refractivity contribution in [3.05, 3.63) is 11.8 Å². The second-order valence-electron chi connectivity index (χ2n) is 7.40. The third-order valence-corrected chi connectivity index (χ3v) is 4.51. The molecule has 2 aromatic heterocycles. The number of piperidine rings is 1. The molecule has 3 heterocycles. The number of anilines is 2. The van der Waals surface area contributed by atoms with Gasteiger partial charge in [-0.25, -0.2) is 0 Å². The predicted octanol–water partition coefficient (Wildman–Crippen LogP) is 2.07. The van der Waals surface area contributed by atoms with Crippen molar-refractivity contribution in [2.24, 2.45) is 5.92 Å². The van der Waals surface area contributed by atoms with Crippen LogP contribution in [0.25, 0.3) is 11.0 Å². The summed E-state index contributed by atoms with van der Waals surface area (Å²) in [6, 6.07) is 2.25. The number of aryl methyl sites for hydroxylation is 1. The number of carbonyl (C=O) groups is 1. The van der Waals surface area contributed by atoms with Crippen LogP contribution in [0.2, 0.25) is 0 Å². The van der Waals surface area contributed by atoms with E-state index >= 15 is 0 Å². The smallest absolute Gasteiger partial charge is 0.228 e. The minimum absolute atomic E-state index is 0.00371. The molecule has 25 heavy (non-hydrogen) atoms. The van der Waals surface area contributed by atoms with E-state index in [1.54, 1.807) is 0 Å². The minimum atomic E-state index is 0.00371. The average Bonchev–Trinajstić information content (AvgIpc) is 2.93. The number of aromatic amines is 1. The Morgan fingerprint density at radius 2 is 2.16 bits per heavy atom. The number of amides is 1. The summed E-state index contributed by atoms with van der Waals surface area (Å²) in [6.07, 6.45) is 1.92. The fraction of sp³-hybridized carbons (Fsp3) is 0.611. The van der Waals surface area contributed by atoms with E-state index in [1.165, 1.54) is 0 Å². The first-order valence-electron chi connectivity index (χ1n) is 8.95. The van der Waals surface area contributed by atoms with E-state index in [9.17, 15) is 4.79 Å². The highest BCUT2D eigenvalue weighted by molar-refractivity contribution is 5.90. The molecule has 2 aromatic rings. The Bertz CT molecular complexity index is 766. The molecule has 1 saturated heterocycles. The molecule has 1 atom stereocenters. The Morgan fingerprint density at radius 3 is 2.84 bits per heavy atom. The molecular formula is C18H28N6O. The highest BCUT2D eigenvalue weighted by Gasteiger charge is 2.28. The Hall–Kier alpha value is -2.31. The molecule has 0 radical (unpaired) electrons. The summed E-state index contributed by atoms with van der Waals surface area (Å²) in [7, 11) is 3.88.